The lowest BCUT2D eigenvalue weighted by molar-refractivity contribution is 0.0903. The summed E-state index contributed by atoms with van der Waals surface area (Å²) in [5.41, 5.74) is 4.44. The predicted molar refractivity (Wildman–Crippen MR) is 132 cm³/mol. The van der Waals surface area contributed by atoms with Crippen LogP contribution in [-0.4, -0.2) is 52.3 Å². The number of alkyl halides is 1. The first-order valence-corrected chi connectivity index (χ1v) is 12.0. The summed E-state index contributed by atoms with van der Waals surface area (Å²) in [6.45, 7) is 8.49. The minimum atomic E-state index is -1.14. The van der Waals surface area contributed by atoms with Gasteiger partial charge in [-0.3, -0.25) is 4.79 Å². The molecule has 0 atom stereocenters. The van der Waals surface area contributed by atoms with E-state index in [0.29, 0.717) is 18.0 Å². The van der Waals surface area contributed by atoms with Crippen LogP contribution in [0.5, 0.6) is 0 Å². The Labute approximate surface area is 196 Å². The molecule has 1 saturated heterocycles. The van der Waals surface area contributed by atoms with Crippen LogP contribution in [0.25, 0.3) is 10.9 Å². The maximum Gasteiger partial charge on any atom is 0.188 e. The molecule has 2 heterocycles. The number of Topliss-reactive ketones (excluding diaryl/α,β-unsaturated/α-hetero) is 1. The standard InChI is InChI=1S/C28H35FN2O2/c1-20-25(16-21-8-10-23(11-9-21)27(33)18-32)24-6-4-5-7-26(24)31(20)17-22-12-14-30(15-13-22)19-28(2,3)29/h4-11,22,32H,12-19H2,1-3H3. The lowest BCUT2D eigenvalue weighted by Crippen LogP contribution is -2.41. The fourth-order valence-electron chi connectivity index (χ4n) is 5.18. The second-order valence-corrected chi connectivity index (χ2v) is 10.1. The van der Waals surface area contributed by atoms with Gasteiger partial charge in [-0.2, -0.15) is 0 Å². The lowest BCUT2D eigenvalue weighted by Gasteiger charge is -2.34. The van der Waals surface area contributed by atoms with Gasteiger partial charge < -0.3 is 14.6 Å². The number of para-hydroxylation sites is 1. The number of hydrogen-bond acceptors (Lipinski definition) is 3. The average molecular weight is 451 g/mol. The molecule has 1 fully saturated rings. The number of carbonyl (C=O) groups is 1. The second-order valence-electron chi connectivity index (χ2n) is 10.1. The predicted octanol–water partition coefficient (Wildman–Crippen LogP) is 5.18. The molecule has 33 heavy (non-hydrogen) atoms. The number of aliphatic hydroxyl groups is 1. The van der Waals surface area contributed by atoms with E-state index < -0.39 is 12.3 Å². The molecule has 0 spiro atoms. The zero-order chi connectivity index (χ0) is 23.6. The van der Waals surface area contributed by atoms with E-state index >= 15 is 0 Å². The van der Waals surface area contributed by atoms with Gasteiger partial charge in [0.05, 0.1) is 0 Å². The van der Waals surface area contributed by atoms with Gasteiger partial charge in [-0.1, -0.05) is 42.5 Å². The zero-order valence-electron chi connectivity index (χ0n) is 20.0. The van der Waals surface area contributed by atoms with Crippen molar-refractivity contribution in [2.75, 3.05) is 26.2 Å². The quantitative estimate of drug-likeness (QED) is 0.481. The first-order valence-electron chi connectivity index (χ1n) is 12.0. The minimum Gasteiger partial charge on any atom is -0.388 e. The number of benzene rings is 2. The summed E-state index contributed by atoms with van der Waals surface area (Å²) in [4.78, 5) is 14.0. The first kappa shape index (κ1) is 23.7. The van der Waals surface area contributed by atoms with Crippen LogP contribution < -0.4 is 0 Å². The number of fused-ring (bicyclic) bond motifs is 1. The number of ketones is 1. The molecule has 0 radical (unpaired) electrons. The molecule has 1 aliphatic heterocycles. The molecule has 2 aromatic carbocycles. The maximum atomic E-state index is 14.0. The highest BCUT2D eigenvalue weighted by Gasteiger charge is 2.26. The van der Waals surface area contributed by atoms with Gasteiger partial charge in [0.15, 0.2) is 5.78 Å². The van der Waals surface area contributed by atoms with Crippen molar-refractivity contribution in [3.8, 4) is 0 Å². The summed E-state index contributed by atoms with van der Waals surface area (Å²) in [5.74, 6) is 0.338. The zero-order valence-corrected chi connectivity index (χ0v) is 20.0. The van der Waals surface area contributed by atoms with Crippen LogP contribution in [0, 0.1) is 12.8 Å². The molecule has 4 rings (SSSR count). The number of nitrogens with zero attached hydrogens (tertiary/aromatic N) is 2. The summed E-state index contributed by atoms with van der Waals surface area (Å²) in [6.07, 6.45) is 2.99. The van der Waals surface area contributed by atoms with Crippen molar-refractivity contribution in [3.63, 3.8) is 0 Å². The van der Waals surface area contributed by atoms with E-state index in [4.69, 9.17) is 5.11 Å². The van der Waals surface area contributed by atoms with Crippen LogP contribution >= 0.6 is 0 Å². The highest BCUT2D eigenvalue weighted by Crippen LogP contribution is 2.31. The Morgan fingerprint density at radius 2 is 1.76 bits per heavy atom. The number of aliphatic hydroxyl groups excluding tert-OH is 1. The Morgan fingerprint density at radius 1 is 1.09 bits per heavy atom. The molecule has 4 nitrogen and oxygen atoms in total. The largest absolute Gasteiger partial charge is 0.388 e. The maximum absolute atomic E-state index is 14.0. The van der Waals surface area contributed by atoms with E-state index in [1.165, 1.54) is 22.2 Å². The number of carbonyl (C=O) groups excluding carboxylic acids is 1. The van der Waals surface area contributed by atoms with Crippen molar-refractivity contribution in [2.45, 2.75) is 52.2 Å². The third-order valence-electron chi connectivity index (χ3n) is 6.91. The van der Waals surface area contributed by atoms with E-state index in [1.807, 2.05) is 12.1 Å². The summed E-state index contributed by atoms with van der Waals surface area (Å²) in [6, 6.07) is 16.2. The van der Waals surface area contributed by atoms with Crippen molar-refractivity contribution in [1.29, 1.82) is 0 Å². The molecule has 5 heteroatoms. The number of rotatable bonds is 8. The van der Waals surface area contributed by atoms with Crippen LogP contribution in [0.1, 0.15) is 53.9 Å². The van der Waals surface area contributed by atoms with Crippen molar-refractivity contribution in [2.24, 2.45) is 5.92 Å². The van der Waals surface area contributed by atoms with Crippen molar-refractivity contribution in [3.05, 3.63) is 70.9 Å². The number of halogens is 1. The second kappa shape index (κ2) is 9.78. The van der Waals surface area contributed by atoms with E-state index in [9.17, 15) is 9.18 Å². The molecule has 0 aliphatic carbocycles. The van der Waals surface area contributed by atoms with Crippen LogP contribution in [0.4, 0.5) is 4.39 Å². The average Bonchev–Trinajstić information content (AvgIpc) is 3.05. The molecule has 0 amide bonds. The fourth-order valence-corrected chi connectivity index (χ4v) is 5.18. The Balaban J connectivity index is 1.52. The Hall–Kier alpha value is -2.50. The van der Waals surface area contributed by atoms with E-state index in [2.05, 4.69) is 40.7 Å². The molecule has 1 aliphatic rings. The molecule has 0 saturated carbocycles. The first-order chi connectivity index (χ1) is 15.7. The molecular weight excluding hydrogens is 415 g/mol. The molecule has 1 aromatic heterocycles. The van der Waals surface area contributed by atoms with E-state index in [-0.39, 0.29) is 5.78 Å². The van der Waals surface area contributed by atoms with Gasteiger partial charge >= 0.3 is 0 Å². The van der Waals surface area contributed by atoms with Gasteiger partial charge in [-0.15, -0.1) is 0 Å². The topological polar surface area (TPSA) is 45.5 Å². The van der Waals surface area contributed by atoms with Crippen LogP contribution in [-0.2, 0) is 13.0 Å². The summed E-state index contributed by atoms with van der Waals surface area (Å²) >= 11 is 0. The van der Waals surface area contributed by atoms with Gasteiger partial charge in [0.1, 0.15) is 12.3 Å². The molecular formula is C28H35FN2O2. The number of likely N-dealkylation sites (tertiary alicyclic amines) is 1. The number of aromatic nitrogens is 1. The third kappa shape index (κ3) is 5.53. The highest BCUT2D eigenvalue weighted by molar-refractivity contribution is 5.96. The minimum absolute atomic E-state index is 0.254. The molecule has 176 valence electrons. The Bertz CT molecular complexity index is 1100. The summed E-state index contributed by atoms with van der Waals surface area (Å²) in [5, 5.41) is 10.4. The van der Waals surface area contributed by atoms with E-state index in [1.54, 1.807) is 26.0 Å². The van der Waals surface area contributed by atoms with Gasteiger partial charge in [0, 0.05) is 35.2 Å². The molecule has 1 N–H and O–H groups in total. The van der Waals surface area contributed by atoms with Crippen molar-refractivity contribution >= 4 is 16.7 Å². The Kier molecular flexibility index (Phi) is 7.01. The van der Waals surface area contributed by atoms with Gasteiger partial charge in [-0.05, 0) is 76.2 Å². The Morgan fingerprint density at radius 3 is 2.39 bits per heavy atom. The van der Waals surface area contributed by atoms with Gasteiger partial charge in [0.25, 0.3) is 0 Å². The van der Waals surface area contributed by atoms with E-state index in [0.717, 1.165) is 44.5 Å². The van der Waals surface area contributed by atoms with Crippen molar-refractivity contribution in [1.82, 2.24) is 9.47 Å². The normalized spacial score (nSPS) is 15.9. The smallest absolute Gasteiger partial charge is 0.188 e. The summed E-state index contributed by atoms with van der Waals surface area (Å²) < 4.78 is 16.5. The van der Waals surface area contributed by atoms with Gasteiger partial charge in [-0.25, -0.2) is 4.39 Å². The fraction of sp³-hybridized carbons (Fsp3) is 0.464. The molecule has 0 unspecified atom stereocenters. The summed E-state index contributed by atoms with van der Waals surface area (Å²) in [7, 11) is 0. The van der Waals surface area contributed by atoms with Crippen LogP contribution in [0.15, 0.2) is 48.5 Å². The molecule has 0 bridgehead atoms. The number of piperidine rings is 1. The third-order valence-corrected chi connectivity index (χ3v) is 6.91. The van der Waals surface area contributed by atoms with Crippen molar-refractivity contribution < 1.29 is 14.3 Å². The monoisotopic (exact) mass is 450 g/mol. The number of hydrogen-bond donors (Lipinski definition) is 1. The van der Waals surface area contributed by atoms with Crippen LogP contribution in [0.3, 0.4) is 0 Å². The van der Waals surface area contributed by atoms with Crippen LogP contribution in [0.2, 0.25) is 0 Å². The van der Waals surface area contributed by atoms with Gasteiger partial charge in [0.2, 0.25) is 0 Å². The SMILES string of the molecule is Cc1c(Cc2ccc(C(=O)CO)cc2)c2ccccc2n1CC1CCN(CC(C)(C)F)CC1. The lowest BCUT2D eigenvalue weighted by atomic mass is 9.95. The molecule has 3 aromatic rings. The highest BCUT2D eigenvalue weighted by atomic mass is 19.1.